The van der Waals surface area contributed by atoms with E-state index >= 15 is 0 Å². The van der Waals surface area contributed by atoms with Crippen molar-refractivity contribution in [3.8, 4) is 0 Å². The van der Waals surface area contributed by atoms with Crippen LogP contribution in [-0.2, 0) is 9.53 Å². The van der Waals surface area contributed by atoms with Gasteiger partial charge in [-0.15, -0.1) is 0 Å². The lowest BCUT2D eigenvalue weighted by Gasteiger charge is -2.47. The lowest BCUT2D eigenvalue weighted by Crippen LogP contribution is -2.63. The Bertz CT molecular complexity index is 324. The number of carbonyl (C=O) groups is 1. The van der Waals surface area contributed by atoms with E-state index < -0.39 is 0 Å². The minimum atomic E-state index is -0.0782. The Morgan fingerprint density at radius 3 is 2.48 bits per heavy atom. The van der Waals surface area contributed by atoms with Gasteiger partial charge in [0, 0.05) is 51.9 Å². The van der Waals surface area contributed by atoms with Gasteiger partial charge in [0.1, 0.15) is 0 Å². The lowest BCUT2D eigenvalue weighted by molar-refractivity contribution is -0.147. The van der Waals surface area contributed by atoms with Crippen LogP contribution >= 0.6 is 0 Å². The van der Waals surface area contributed by atoms with Crippen molar-refractivity contribution >= 4 is 5.97 Å². The third-order valence-electron chi connectivity index (χ3n) is 4.36. The van der Waals surface area contributed by atoms with Crippen LogP contribution in [-0.4, -0.2) is 112 Å². The highest BCUT2D eigenvalue weighted by Gasteiger charge is 2.33. The number of nitrogens with zero attached hydrogens (tertiary/aromatic N) is 4. The Hall–Kier alpha value is -0.690. The number of carbonyl (C=O) groups excluding carboxylic acids is 1. The molecule has 0 aromatic carbocycles. The molecule has 2 rings (SSSR count). The van der Waals surface area contributed by atoms with Gasteiger partial charge in [0.05, 0.1) is 13.2 Å². The topological polar surface area (TPSA) is 39.3 Å². The van der Waals surface area contributed by atoms with Gasteiger partial charge in [0.15, 0.2) is 0 Å². The number of hydrogen-bond acceptors (Lipinski definition) is 6. The summed E-state index contributed by atoms with van der Waals surface area (Å²) < 4.78 is 5.27. The smallest absolute Gasteiger partial charge is 0.320 e. The molecule has 0 aromatic rings. The third kappa shape index (κ3) is 5.54. The van der Waals surface area contributed by atoms with E-state index in [1.54, 1.807) is 0 Å². The van der Waals surface area contributed by atoms with Gasteiger partial charge in [-0.25, -0.2) is 0 Å². The van der Waals surface area contributed by atoms with E-state index in [1.165, 1.54) is 0 Å². The molecule has 2 saturated heterocycles. The molecule has 2 aliphatic rings. The van der Waals surface area contributed by atoms with Crippen LogP contribution in [0.5, 0.6) is 0 Å². The fourth-order valence-corrected chi connectivity index (χ4v) is 2.88. The molecule has 0 atom stereocenters. The van der Waals surface area contributed by atoms with Crippen LogP contribution in [0.1, 0.15) is 6.42 Å². The molecule has 6 heteroatoms. The second kappa shape index (κ2) is 8.08. The van der Waals surface area contributed by atoms with Crippen molar-refractivity contribution in [2.75, 3.05) is 80.1 Å². The van der Waals surface area contributed by atoms with Crippen molar-refractivity contribution in [3.05, 3.63) is 0 Å². The van der Waals surface area contributed by atoms with Gasteiger partial charge in [-0.2, -0.15) is 0 Å². The summed E-state index contributed by atoms with van der Waals surface area (Å²) in [5.74, 6) is -0.0782. The zero-order valence-electron chi connectivity index (χ0n) is 13.8. The molecule has 0 N–H and O–H groups in total. The Morgan fingerprint density at radius 2 is 1.86 bits per heavy atom. The first kappa shape index (κ1) is 16.7. The minimum absolute atomic E-state index is 0.0782. The summed E-state index contributed by atoms with van der Waals surface area (Å²) in [4.78, 5) is 20.9. The van der Waals surface area contributed by atoms with Crippen molar-refractivity contribution in [1.29, 1.82) is 0 Å². The Morgan fingerprint density at radius 1 is 1.19 bits per heavy atom. The molecule has 6 nitrogen and oxygen atoms in total. The molecule has 2 aliphatic heterocycles. The maximum Gasteiger partial charge on any atom is 0.320 e. The van der Waals surface area contributed by atoms with E-state index in [9.17, 15) is 4.79 Å². The van der Waals surface area contributed by atoms with Gasteiger partial charge >= 0.3 is 5.97 Å². The summed E-state index contributed by atoms with van der Waals surface area (Å²) in [6.45, 7) is 8.59. The van der Waals surface area contributed by atoms with E-state index in [0.29, 0.717) is 19.2 Å². The number of hydrogen-bond donors (Lipinski definition) is 0. The van der Waals surface area contributed by atoms with Crippen molar-refractivity contribution in [3.63, 3.8) is 0 Å². The average molecular weight is 298 g/mol. The average Bonchev–Trinajstić information content (AvgIpc) is 2.40. The first-order valence-corrected chi connectivity index (χ1v) is 8.00. The van der Waals surface area contributed by atoms with Crippen LogP contribution in [0.4, 0.5) is 0 Å². The molecule has 0 unspecified atom stereocenters. The summed E-state index contributed by atoms with van der Waals surface area (Å²) in [7, 11) is 6.23. The Labute approximate surface area is 128 Å². The fraction of sp³-hybridized carbons (Fsp3) is 0.933. The SMILES string of the molecule is CN(C)CCCOC(=O)CN1CC(N2CCN(C)CC2)C1. The normalized spacial score (nSPS) is 22.5. The molecular weight excluding hydrogens is 268 g/mol. The number of piperazine rings is 1. The molecule has 122 valence electrons. The first-order valence-electron chi connectivity index (χ1n) is 8.00. The molecule has 2 heterocycles. The van der Waals surface area contributed by atoms with Gasteiger partial charge in [-0.3, -0.25) is 14.6 Å². The summed E-state index contributed by atoms with van der Waals surface area (Å²) in [5.41, 5.74) is 0. The molecular formula is C15H30N4O2. The molecule has 21 heavy (non-hydrogen) atoms. The van der Waals surface area contributed by atoms with Crippen LogP contribution in [0, 0.1) is 0 Å². The number of likely N-dealkylation sites (N-methyl/N-ethyl adjacent to an activating group) is 1. The summed E-state index contributed by atoms with van der Waals surface area (Å²) in [5, 5.41) is 0. The Balaban J connectivity index is 1.52. The number of rotatable bonds is 7. The van der Waals surface area contributed by atoms with E-state index in [1.807, 2.05) is 14.1 Å². The van der Waals surface area contributed by atoms with E-state index in [4.69, 9.17) is 4.74 Å². The Kier molecular flexibility index (Phi) is 6.41. The highest BCUT2D eigenvalue weighted by molar-refractivity contribution is 5.71. The van der Waals surface area contributed by atoms with Gasteiger partial charge in [0.25, 0.3) is 0 Å². The van der Waals surface area contributed by atoms with Gasteiger partial charge in [0.2, 0.25) is 0 Å². The van der Waals surface area contributed by atoms with Crippen molar-refractivity contribution in [1.82, 2.24) is 19.6 Å². The highest BCUT2D eigenvalue weighted by Crippen LogP contribution is 2.16. The summed E-state index contributed by atoms with van der Waals surface area (Å²) >= 11 is 0. The molecule has 0 bridgehead atoms. The van der Waals surface area contributed by atoms with E-state index in [0.717, 1.165) is 52.2 Å². The van der Waals surface area contributed by atoms with E-state index in [2.05, 4.69) is 26.6 Å². The molecule has 0 amide bonds. The van der Waals surface area contributed by atoms with Crippen LogP contribution in [0.2, 0.25) is 0 Å². The van der Waals surface area contributed by atoms with Gasteiger partial charge in [-0.05, 0) is 27.6 Å². The standard InChI is InChI=1S/C15H30N4O2/c1-16(2)5-4-10-21-15(20)13-18-11-14(12-18)19-8-6-17(3)7-9-19/h14H,4-13H2,1-3H3. The third-order valence-corrected chi connectivity index (χ3v) is 4.36. The molecule has 0 saturated carbocycles. The maximum absolute atomic E-state index is 11.7. The molecule has 0 spiro atoms. The zero-order chi connectivity index (χ0) is 15.2. The molecule has 2 fully saturated rings. The second-order valence-electron chi connectivity index (χ2n) is 6.56. The van der Waals surface area contributed by atoms with Crippen LogP contribution in [0.25, 0.3) is 0 Å². The van der Waals surface area contributed by atoms with Crippen molar-refractivity contribution in [2.45, 2.75) is 12.5 Å². The molecule has 0 radical (unpaired) electrons. The molecule has 0 aromatic heterocycles. The summed E-state index contributed by atoms with van der Waals surface area (Å²) in [6.07, 6.45) is 0.905. The largest absolute Gasteiger partial charge is 0.465 e. The minimum Gasteiger partial charge on any atom is -0.465 e. The second-order valence-corrected chi connectivity index (χ2v) is 6.56. The maximum atomic E-state index is 11.7. The monoisotopic (exact) mass is 298 g/mol. The lowest BCUT2D eigenvalue weighted by atomic mass is 10.1. The quantitative estimate of drug-likeness (QED) is 0.462. The van der Waals surface area contributed by atoms with Crippen LogP contribution in [0.15, 0.2) is 0 Å². The molecule has 0 aliphatic carbocycles. The number of likely N-dealkylation sites (tertiary alicyclic amines) is 1. The zero-order valence-corrected chi connectivity index (χ0v) is 13.8. The van der Waals surface area contributed by atoms with E-state index in [-0.39, 0.29) is 5.97 Å². The number of esters is 1. The van der Waals surface area contributed by atoms with Crippen LogP contribution < -0.4 is 0 Å². The van der Waals surface area contributed by atoms with Crippen molar-refractivity contribution < 1.29 is 9.53 Å². The van der Waals surface area contributed by atoms with Gasteiger partial charge in [-0.1, -0.05) is 0 Å². The highest BCUT2D eigenvalue weighted by atomic mass is 16.5. The fourth-order valence-electron chi connectivity index (χ4n) is 2.88. The predicted octanol–water partition coefficient (Wildman–Crippen LogP) is -0.587. The first-order chi connectivity index (χ1) is 10.0. The summed E-state index contributed by atoms with van der Waals surface area (Å²) in [6, 6.07) is 0.639. The van der Waals surface area contributed by atoms with Crippen LogP contribution in [0.3, 0.4) is 0 Å². The van der Waals surface area contributed by atoms with Crippen molar-refractivity contribution in [2.24, 2.45) is 0 Å². The predicted molar refractivity (Wildman–Crippen MR) is 83.4 cm³/mol. The van der Waals surface area contributed by atoms with Gasteiger partial charge < -0.3 is 14.5 Å². The number of ether oxygens (including phenoxy) is 1.